The van der Waals surface area contributed by atoms with Gasteiger partial charge in [-0.15, -0.1) is 41.8 Å². The van der Waals surface area contributed by atoms with Gasteiger partial charge in [0, 0.05) is 177 Å². The van der Waals surface area contributed by atoms with Crippen molar-refractivity contribution in [2.24, 2.45) is 17.8 Å². The van der Waals surface area contributed by atoms with Gasteiger partial charge in [-0.25, -0.2) is 34.5 Å². The number of nitrogens with zero attached hydrogens (tertiary/aromatic N) is 21. The predicted octanol–water partition coefficient (Wildman–Crippen LogP) is 18.0. The van der Waals surface area contributed by atoms with Crippen LogP contribution in [0.5, 0.6) is 0 Å². The van der Waals surface area contributed by atoms with Crippen molar-refractivity contribution in [2.75, 3.05) is 14.7 Å². The van der Waals surface area contributed by atoms with E-state index in [0.29, 0.717) is 73.7 Å². The van der Waals surface area contributed by atoms with Crippen LogP contribution in [0.3, 0.4) is 0 Å². The number of H-pyrrole nitrogens is 1. The number of hydrogen-bond donors (Lipinski definition) is 1. The number of pyridine rings is 10. The average Bonchev–Trinajstić information content (AvgIpc) is 1.58. The van der Waals surface area contributed by atoms with Gasteiger partial charge in [-0.3, -0.25) is 61.8 Å². The summed E-state index contributed by atoms with van der Waals surface area (Å²) in [5.74, 6) is 11.9. The van der Waals surface area contributed by atoms with Gasteiger partial charge >= 0.3 is 11.4 Å². The number of carbonyl (C=O) groups excluding carboxylic acids is 3. The summed E-state index contributed by atoms with van der Waals surface area (Å²) in [6.45, 7) is 0.502. The van der Waals surface area contributed by atoms with E-state index in [1.807, 2.05) is 225 Å². The van der Waals surface area contributed by atoms with E-state index in [4.69, 9.17) is 33.0 Å². The van der Waals surface area contributed by atoms with Gasteiger partial charge in [0.2, 0.25) is 17.7 Å². The Labute approximate surface area is 804 Å². The van der Waals surface area contributed by atoms with E-state index in [-0.39, 0.29) is 46.9 Å². The van der Waals surface area contributed by atoms with Crippen molar-refractivity contribution >= 4 is 145 Å². The number of halogens is 2. The molecular weight excluding hydrogens is 1880 g/mol. The zero-order valence-corrected chi connectivity index (χ0v) is 80.6. The highest BCUT2D eigenvalue weighted by Gasteiger charge is 2.48. The molecule has 0 aromatic carbocycles. The number of terminal acetylenes is 1. The van der Waals surface area contributed by atoms with Gasteiger partial charge in [0.1, 0.15) is 37.6 Å². The molecule has 17 aromatic rings. The molecule has 135 heavy (non-hydrogen) atoms. The normalized spacial score (nSPS) is 18.3. The monoisotopic (exact) mass is 1980 g/mol. The van der Waals surface area contributed by atoms with Gasteiger partial charge < -0.3 is 32.9 Å². The van der Waals surface area contributed by atoms with Gasteiger partial charge in [-0.05, 0) is 228 Å². The van der Waals surface area contributed by atoms with Gasteiger partial charge in [0.05, 0.1) is 110 Å². The second kappa shape index (κ2) is 39.1. The van der Waals surface area contributed by atoms with E-state index < -0.39 is 0 Å². The molecule has 8 fully saturated rings. The molecule has 0 saturated heterocycles. The lowest BCUT2D eigenvalue weighted by Gasteiger charge is -2.16. The Morgan fingerprint density at radius 3 is 1.42 bits per heavy atom. The molecule has 8 aliphatic carbocycles. The molecule has 682 valence electrons. The molecule has 3 aliphatic heterocycles. The lowest BCUT2D eigenvalue weighted by atomic mass is 9.96. The quantitative estimate of drug-likeness (QED) is 0.0384. The molecule has 32 heteroatoms. The highest BCUT2D eigenvalue weighted by Crippen LogP contribution is 2.49. The van der Waals surface area contributed by atoms with Crippen LogP contribution in [0.15, 0.2) is 236 Å². The number of aryl methyl sites for hydroxylation is 1. The van der Waals surface area contributed by atoms with Crippen molar-refractivity contribution in [3.63, 3.8) is 0 Å². The number of nitrogens with one attached hydrogen (secondary N) is 1. The third-order valence-corrected chi connectivity index (χ3v) is 27.9. The Hall–Kier alpha value is -12.4. The third-order valence-electron chi connectivity index (χ3n) is 26.4. The molecule has 5 atom stereocenters. The molecule has 1 N–H and O–H groups in total. The minimum Gasteiger partial charge on any atom is -0.308 e. The fourth-order valence-corrected chi connectivity index (χ4v) is 19.4. The van der Waals surface area contributed by atoms with Crippen molar-refractivity contribution in [1.29, 1.82) is 0 Å². The van der Waals surface area contributed by atoms with Crippen LogP contribution < -0.4 is 26.1 Å². The van der Waals surface area contributed by atoms with Crippen LogP contribution >= 0.6 is 60.0 Å². The highest BCUT2D eigenvalue weighted by molar-refractivity contribution is 14.1. The van der Waals surface area contributed by atoms with Gasteiger partial charge in [0.15, 0.2) is 0 Å². The van der Waals surface area contributed by atoms with E-state index in [9.17, 15) is 24.0 Å². The molecule has 5 unspecified atom stereocenters. The number of hydrogen-bond acceptors (Lipinski definition) is 15. The van der Waals surface area contributed by atoms with E-state index in [1.165, 1.54) is 50.6 Å². The molecule has 20 heterocycles. The smallest absolute Gasteiger partial charge is 0.308 e. The van der Waals surface area contributed by atoms with Crippen LogP contribution in [0.4, 0.5) is 17.1 Å². The first-order valence-electron chi connectivity index (χ1n) is 46.7. The third kappa shape index (κ3) is 19.4. The summed E-state index contributed by atoms with van der Waals surface area (Å²) in [6.07, 6.45) is 59.5. The zero-order chi connectivity index (χ0) is 91.9. The molecule has 17 aromatic heterocycles. The van der Waals surface area contributed by atoms with E-state index >= 15 is 0 Å². The fraction of sp³-hybridized carbons (Fsp3) is 0.330. The lowest BCUT2D eigenvalue weighted by molar-refractivity contribution is -0.120. The average molecular weight is 1980 g/mol. The van der Waals surface area contributed by atoms with Crippen LogP contribution in [-0.4, -0.2) is 126 Å². The van der Waals surface area contributed by atoms with Crippen molar-refractivity contribution in [1.82, 2.24) is 90.5 Å². The van der Waals surface area contributed by atoms with Gasteiger partial charge in [0.25, 0.3) is 0 Å². The summed E-state index contributed by atoms with van der Waals surface area (Å²) in [5, 5.41) is 0. The topological polar surface area (TPSA) is 277 Å². The summed E-state index contributed by atoms with van der Waals surface area (Å²) in [7, 11) is 6.06. The molecular formula is C103H101ClIN22O5P3. The predicted molar refractivity (Wildman–Crippen MR) is 542 cm³/mol. The number of alkyl halides is 1. The minimum absolute atomic E-state index is 0.00880. The van der Waals surface area contributed by atoms with Crippen molar-refractivity contribution in [3.8, 4) is 24.2 Å². The maximum absolute atomic E-state index is 13.3. The van der Waals surface area contributed by atoms with Gasteiger partial charge in [-0.2, -0.15) is 0 Å². The second-order valence-corrected chi connectivity index (χ2v) is 42.0. The minimum atomic E-state index is -0.226. The van der Waals surface area contributed by atoms with Crippen molar-refractivity contribution in [2.45, 2.75) is 195 Å². The summed E-state index contributed by atoms with van der Waals surface area (Å²) >= 11 is 7.94. The summed E-state index contributed by atoms with van der Waals surface area (Å²) in [5.41, 5.74) is 21.5. The molecule has 0 bridgehead atoms. The number of aromatic nitrogens is 19. The number of rotatable bonds is 17. The second-order valence-electron chi connectivity index (χ2n) is 36.4. The largest absolute Gasteiger partial charge is 0.329 e. The first-order chi connectivity index (χ1) is 66.2. The number of aromatic amines is 1. The number of amides is 3. The van der Waals surface area contributed by atoms with E-state index in [2.05, 4.69) is 113 Å². The first kappa shape index (κ1) is 89.1. The molecule has 11 aliphatic rings. The van der Waals surface area contributed by atoms with Crippen LogP contribution in [0.2, 0.25) is 0 Å². The first-order valence-corrected chi connectivity index (χ1v) is 52.9. The molecule has 28 rings (SSSR count). The molecule has 8 saturated carbocycles. The van der Waals surface area contributed by atoms with Crippen LogP contribution in [-0.2, 0) is 52.5 Å². The Morgan fingerprint density at radius 1 is 0.452 bits per heavy atom. The van der Waals surface area contributed by atoms with Gasteiger partial charge in [-0.1, -0.05) is 57.1 Å². The highest BCUT2D eigenvalue weighted by atomic mass is 127. The number of imidazole rings is 7. The fourth-order valence-electron chi connectivity index (χ4n) is 18.5. The number of anilines is 3. The lowest BCUT2D eigenvalue weighted by Crippen LogP contribution is -2.31. The van der Waals surface area contributed by atoms with Crippen molar-refractivity contribution < 1.29 is 14.4 Å². The van der Waals surface area contributed by atoms with Crippen LogP contribution in [0.25, 0.3) is 50.3 Å². The summed E-state index contributed by atoms with van der Waals surface area (Å²) in [6, 6.07) is 41.5. The Balaban J connectivity index is 0.0000000975. The Kier molecular flexibility index (Phi) is 25.8. The standard InChI is InChI=1S/C23H20N4O.C22H23N5O.C18H15IN4O.C18H16N4O.C9H9N3O.C8H7ClN2.C5H6.H5P3/c28-23-17(18-14-24-11-10-20(18)27(23)16-7-8-16)13-19-21(9-6-15-4-5-15)26-12-2-1-3-22(26)25-19;28-22-26(20-13-23-11-10-19(20)27(22)16-7-8-16)14-17-18(9-6-15-4-5-15)25-12-2-1-3-21(25)24-17;19-17-14(21-16-3-1-2-8-22(16)17)9-12-13-10-20-7-6-15(13)23(18(12)24)11-4-5-11;23-18-14(9-12-11-21-8-2-1-3-17(21)20-12)15-10-19-7-6-16(15)22(18)13-4-5-13;13-9-11-7-5-10-4-3-8(7)12(9)6-1-2-6;9-5-7-6-11-4-2-1-3-8(11)10-7;1-2-5-3-4-5;1-3-2/h1-3,10-12,14-17H,4-5,7-8,13H2;1-3,10-13,15-16H,4-9,14H2;1-3,6-8,10-12H,4-5,9H2;1-3,6-8,10-11,13-14H,4-5,9H2;3-6H,1-2H2,(H,11,13);1-4,6H,5H2;1,5H,3-4H2;3H,1-2H2. The molecule has 0 spiro atoms. The number of carbonyl (C=O) groups is 3. The molecule has 0 radical (unpaired) electrons. The zero-order valence-electron chi connectivity index (χ0n) is 74.4. The molecule has 3 amide bonds. The van der Waals surface area contributed by atoms with Crippen LogP contribution in [0.1, 0.15) is 196 Å². The van der Waals surface area contributed by atoms with E-state index in [1.54, 1.807) is 37.2 Å². The maximum atomic E-state index is 13.3. The summed E-state index contributed by atoms with van der Waals surface area (Å²) < 4.78 is 17.0. The molecule has 27 nitrogen and oxygen atoms in total. The Bertz CT molecular complexity index is 7500. The van der Waals surface area contributed by atoms with Crippen molar-refractivity contribution in [3.05, 3.63) is 308 Å². The van der Waals surface area contributed by atoms with Crippen LogP contribution in [0, 0.1) is 45.6 Å². The Morgan fingerprint density at radius 2 is 0.904 bits per heavy atom. The SMILES string of the molecule is C#CC1CC1.ClCc1cn2ccccc2n1.O=C1C(Cc2cn3ccccc3n2)c2cnccc2N1C1CC1.O=C1C(Cc2nc3ccccn3c2C#CC2CC2)c2cnccc2N1C1CC1.O=C1C(Cc2nc3ccccn3c2I)c2cnccc2N1C1CC1.O=c1[nH]c2cnccc2n1C1CC1.O=c1n(Cc2nc3ccccn3c2CCC2CC2)c2cnccc2n1C1CC1.PPP. The number of fused-ring (bicyclic) bond motifs is 10. The van der Waals surface area contributed by atoms with E-state index in [0.717, 1.165) is 206 Å². The maximum Gasteiger partial charge on any atom is 0.329 e. The summed E-state index contributed by atoms with van der Waals surface area (Å²) in [4.78, 5) is 117.